The van der Waals surface area contributed by atoms with Gasteiger partial charge in [0.15, 0.2) is 16.6 Å². The molecule has 0 aliphatic heterocycles. The maximum absolute atomic E-state index is 12.3. The molecular weight excluding hydrogens is 318 g/mol. The number of benzene rings is 1. The van der Waals surface area contributed by atoms with E-state index in [2.05, 4.69) is 10.6 Å². The molecule has 1 aromatic carbocycles. The number of ether oxygens (including phenoxy) is 3. The molecule has 0 aromatic heterocycles. The van der Waals surface area contributed by atoms with Crippen molar-refractivity contribution < 1.29 is 19.0 Å². The van der Waals surface area contributed by atoms with Crippen LogP contribution in [0.3, 0.4) is 0 Å². The van der Waals surface area contributed by atoms with Crippen LogP contribution in [-0.4, -0.2) is 64.4 Å². The molecule has 1 rings (SSSR count). The fourth-order valence-electron chi connectivity index (χ4n) is 1.82. The number of likely N-dealkylation sites (N-methyl/N-ethyl adjacent to an activating group) is 1. The fourth-order valence-corrected chi connectivity index (χ4v) is 2.02. The van der Waals surface area contributed by atoms with E-state index in [1.54, 1.807) is 12.1 Å². The first-order chi connectivity index (χ1) is 10.9. The van der Waals surface area contributed by atoms with Crippen LogP contribution >= 0.6 is 12.2 Å². The molecule has 1 aromatic rings. The van der Waals surface area contributed by atoms with Crippen LogP contribution in [0.2, 0.25) is 0 Å². The molecule has 8 heteroatoms. The van der Waals surface area contributed by atoms with E-state index in [0.29, 0.717) is 29.4 Å². The summed E-state index contributed by atoms with van der Waals surface area (Å²) >= 11 is 5.10. The Bertz CT molecular complexity index is 539. The fraction of sp³-hybridized carbons (Fsp3) is 0.467. The highest BCUT2D eigenvalue weighted by molar-refractivity contribution is 7.80. The summed E-state index contributed by atoms with van der Waals surface area (Å²) in [6.45, 7) is 1.45. The molecular formula is C15H23N3O4S. The van der Waals surface area contributed by atoms with Gasteiger partial charge in [0, 0.05) is 18.7 Å². The largest absolute Gasteiger partial charge is 0.493 e. The smallest absolute Gasteiger partial charge is 0.257 e. The van der Waals surface area contributed by atoms with Gasteiger partial charge in [-0.25, -0.2) is 0 Å². The average Bonchev–Trinajstić information content (AvgIpc) is 2.52. The number of carbonyl (C=O) groups excluding carboxylic acids is 1. The molecule has 7 nitrogen and oxygen atoms in total. The molecule has 0 fully saturated rings. The first-order valence-corrected chi connectivity index (χ1v) is 7.37. The maximum Gasteiger partial charge on any atom is 0.257 e. The van der Waals surface area contributed by atoms with E-state index in [-0.39, 0.29) is 11.0 Å². The van der Waals surface area contributed by atoms with E-state index in [4.69, 9.17) is 26.4 Å². The summed E-state index contributed by atoms with van der Waals surface area (Å²) in [7, 11) is 8.40. The Kier molecular flexibility index (Phi) is 7.56. The summed E-state index contributed by atoms with van der Waals surface area (Å²) in [5, 5.41) is 5.86. The minimum Gasteiger partial charge on any atom is -0.493 e. The average molecular weight is 341 g/mol. The number of methoxy groups -OCH3 is 3. The number of rotatable bonds is 7. The van der Waals surface area contributed by atoms with E-state index >= 15 is 0 Å². The maximum atomic E-state index is 12.3. The van der Waals surface area contributed by atoms with Crippen molar-refractivity contribution in [2.75, 3.05) is 48.5 Å². The standard InChI is InChI=1S/C15H23N3O4S/c1-18(2)7-6-16-15(23)17-14(19)10-8-11(20-3)13(22-5)12(9-10)21-4/h8-9H,6-7H2,1-5H3,(H2,16,17,19,23). The van der Waals surface area contributed by atoms with Gasteiger partial charge >= 0.3 is 0 Å². The van der Waals surface area contributed by atoms with Crippen molar-refractivity contribution in [1.29, 1.82) is 0 Å². The molecule has 0 saturated carbocycles. The summed E-state index contributed by atoms with van der Waals surface area (Å²) in [6.07, 6.45) is 0. The van der Waals surface area contributed by atoms with Crippen molar-refractivity contribution in [3.63, 3.8) is 0 Å². The lowest BCUT2D eigenvalue weighted by Gasteiger charge is -2.15. The van der Waals surface area contributed by atoms with Crippen LogP contribution in [0, 0.1) is 0 Å². The van der Waals surface area contributed by atoms with Crippen molar-refractivity contribution in [3.05, 3.63) is 17.7 Å². The van der Waals surface area contributed by atoms with Gasteiger partial charge in [-0.2, -0.15) is 0 Å². The van der Waals surface area contributed by atoms with Gasteiger partial charge < -0.3 is 24.4 Å². The number of thiocarbonyl (C=S) groups is 1. The Balaban J connectivity index is 2.81. The van der Waals surface area contributed by atoms with Gasteiger partial charge in [0.2, 0.25) is 5.75 Å². The second kappa shape index (κ2) is 9.16. The van der Waals surface area contributed by atoms with Gasteiger partial charge in [-0.1, -0.05) is 0 Å². The second-order valence-corrected chi connectivity index (χ2v) is 5.34. The van der Waals surface area contributed by atoms with E-state index in [1.165, 1.54) is 21.3 Å². The third-order valence-corrected chi connectivity index (χ3v) is 3.24. The Hall–Kier alpha value is -2.06. The number of hydrogen-bond acceptors (Lipinski definition) is 6. The molecule has 128 valence electrons. The zero-order valence-corrected chi connectivity index (χ0v) is 14.9. The molecule has 0 atom stereocenters. The Morgan fingerprint density at radius 3 is 2.13 bits per heavy atom. The highest BCUT2D eigenvalue weighted by atomic mass is 32.1. The number of amides is 1. The SMILES string of the molecule is COc1cc(C(=O)NC(=S)NCCN(C)C)cc(OC)c1OC. The first-order valence-electron chi connectivity index (χ1n) is 6.96. The number of hydrogen-bond donors (Lipinski definition) is 2. The molecule has 0 aliphatic carbocycles. The molecule has 0 unspecified atom stereocenters. The topological polar surface area (TPSA) is 72.1 Å². The molecule has 0 bridgehead atoms. The minimum absolute atomic E-state index is 0.269. The van der Waals surface area contributed by atoms with E-state index in [0.717, 1.165) is 6.54 Å². The molecule has 1 amide bonds. The highest BCUT2D eigenvalue weighted by Gasteiger charge is 2.17. The zero-order chi connectivity index (χ0) is 17.4. The lowest BCUT2D eigenvalue weighted by molar-refractivity contribution is 0.0976. The molecule has 2 N–H and O–H groups in total. The monoisotopic (exact) mass is 341 g/mol. The molecule has 0 radical (unpaired) electrons. The van der Waals surface area contributed by atoms with Crippen LogP contribution in [0.25, 0.3) is 0 Å². The zero-order valence-electron chi connectivity index (χ0n) is 14.1. The van der Waals surface area contributed by atoms with Crippen LogP contribution in [0.5, 0.6) is 17.2 Å². The third kappa shape index (κ3) is 5.57. The van der Waals surface area contributed by atoms with Crippen LogP contribution in [-0.2, 0) is 0 Å². The molecule has 23 heavy (non-hydrogen) atoms. The molecule has 0 aliphatic rings. The second-order valence-electron chi connectivity index (χ2n) is 4.93. The lowest BCUT2D eigenvalue weighted by atomic mass is 10.1. The van der Waals surface area contributed by atoms with Crippen LogP contribution in [0.1, 0.15) is 10.4 Å². The molecule has 0 saturated heterocycles. The van der Waals surface area contributed by atoms with E-state index in [1.807, 2.05) is 19.0 Å². The number of nitrogens with one attached hydrogen (secondary N) is 2. The minimum atomic E-state index is -0.355. The van der Waals surface area contributed by atoms with Gasteiger partial charge in [-0.05, 0) is 38.4 Å². The van der Waals surface area contributed by atoms with E-state index < -0.39 is 0 Å². The van der Waals surface area contributed by atoms with Crippen LogP contribution in [0.4, 0.5) is 0 Å². The van der Waals surface area contributed by atoms with Crippen molar-refractivity contribution >= 4 is 23.2 Å². The van der Waals surface area contributed by atoms with Crippen molar-refractivity contribution in [2.45, 2.75) is 0 Å². The van der Waals surface area contributed by atoms with Crippen LogP contribution < -0.4 is 24.8 Å². The van der Waals surface area contributed by atoms with Crippen molar-refractivity contribution in [3.8, 4) is 17.2 Å². The summed E-state index contributed by atoms with van der Waals surface area (Å²) < 4.78 is 15.7. The van der Waals surface area contributed by atoms with Gasteiger partial charge in [0.05, 0.1) is 21.3 Å². The molecule has 0 spiro atoms. The summed E-state index contributed by atoms with van der Waals surface area (Å²) in [5.41, 5.74) is 0.358. The quantitative estimate of drug-likeness (QED) is 0.713. The van der Waals surface area contributed by atoms with Gasteiger partial charge in [0.1, 0.15) is 0 Å². The Labute approximate surface area is 141 Å². The summed E-state index contributed by atoms with van der Waals surface area (Å²) in [4.78, 5) is 14.3. The van der Waals surface area contributed by atoms with Gasteiger partial charge in [0.25, 0.3) is 5.91 Å². The normalized spacial score (nSPS) is 10.2. The Morgan fingerprint density at radius 2 is 1.70 bits per heavy atom. The predicted molar refractivity (Wildman–Crippen MR) is 92.7 cm³/mol. The van der Waals surface area contributed by atoms with Gasteiger partial charge in [-0.3, -0.25) is 10.1 Å². The van der Waals surface area contributed by atoms with Crippen molar-refractivity contribution in [1.82, 2.24) is 15.5 Å². The Morgan fingerprint density at radius 1 is 1.13 bits per heavy atom. The molecule has 0 heterocycles. The number of carbonyl (C=O) groups is 1. The third-order valence-electron chi connectivity index (χ3n) is 3.00. The first kappa shape index (κ1) is 19.0. The van der Waals surface area contributed by atoms with Gasteiger partial charge in [-0.15, -0.1) is 0 Å². The van der Waals surface area contributed by atoms with E-state index in [9.17, 15) is 4.79 Å². The van der Waals surface area contributed by atoms with Crippen LogP contribution in [0.15, 0.2) is 12.1 Å². The number of nitrogens with zero attached hydrogens (tertiary/aromatic N) is 1. The summed E-state index contributed by atoms with van der Waals surface area (Å²) in [6, 6.07) is 3.14. The summed E-state index contributed by atoms with van der Waals surface area (Å²) in [5.74, 6) is 0.886. The van der Waals surface area contributed by atoms with Crippen molar-refractivity contribution in [2.24, 2.45) is 0 Å². The lowest BCUT2D eigenvalue weighted by Crippen LogP contribution is -2.41. The predicted octanol–water partition coefficient (Wildman–Crippen LogP) is 0.878. The highest BCUT2D eigenvalue weighted by Crippen LogP contribution is 2.38.